The van der Waals surface area contributed by atoms with Crippen LogP contribution in [0.5, 0.6) is 0 Å². The molecule has 0 unspecified atom stereocenters. The molecular weight excluding hydrogens is 488 g/mol. The molecule has 0 atom stereocenters. The van der Waals surface area contributed by atoms with Gasteiger partial charge in [-0.2, -0.15) is 0 Å². The summed E-state index contributed by atoms with van der Waals surface area (Å²) in [5.74, 6) is 0. The van der Waals surface area contributed by atoms with Crippen LogP contribution in [0.4, 0.5) is 11.4 Å². The van der Waals surface area contributed by atoms with Gasteiger partial charge in [0, 0.05) is 24.3 Å². The predicted molar refractivity (Wildman–Crippen MR) is 140 cm³/mol. The van der Waals surface area contributed by atoms with Crippen molar-refractivity contribution in [2.75, 3.05) is 0 Å². The van der Waals surface area contributed by atoms with Crippen LogP contribution in [0.15, 0.2) is 72.8 Å². The summed E-state index contributed by atoms with van der Waals surface area (Å²) in [6.45, 7) is -0.490. The Bertz CT molecular complexity index is 1330. The van der Waals surface area contributed by atoms with Gasteiger partial charge in [0.2, 0.25) is 0 Å². The lowest BCUT2D eigenvalue weighted by molar-refractivity contribution is -0.385. The molecule has 4 rings (SSSR count). The van der Waals surface area contributed by atoms with Crippen molar-refractivity contribution in [2.45, 2.75) is 38.9 Å². The number of hydrogen-bond donors (Lipinski definition) is 2. The molecule has 10 nitrogen and oxygen atoms in total. The molecule has 0 spiro atoms. The molecule has 0 amide bonds. The molecule has 0 fully saturated rings. The van der Waals surface area contributed by atoms with E-state index in [0.717, 1.165) is 22.3 Å². The summed E-state index contributed by atoms with van der Waals surface area (Å²) in [6.07, 6.45) is 2.56. The van der Waals surface area contributed by atoms with Gasteiger partial charge in [-0.15, -0.1) is 0 Å². The third-order valence-corrected chi connectivity index (χ3v) is 6.16. The monoisotopic (exact) mass is 514 g/mol. The average Bonchev–Trinajstić information content (AvgIpc) is 2.95. The number of aromatic nitrogens is 2. The van der Waals surface area contributed by atoms with Crippen molar-refractivity contribution in [1.29, 1.82) is 0 Å². The fraction of sp³-hybridized carbons (Fsp3) is 0.214. The van der Waals surface area contributed by atoms with Crippen LogP contribution in [0.1, 0.15) is 33.6 Å². The number of benzene rings is 2. The Morgan fingerprint density at radius 2 is 0.895 bits per heavy atom. The molecule has 0 aliphatic heterocycles. The average molecular weight is 515 g/mol. The zero-order valence-electron chi connectivity index (χ0n) is 20.5. The highest BCUT2D eigenvalue weighted by molar-refractivity contribution is 5.57. The first-order valence-electron chi connectivity index (χ1n) is 12.0. The van der Waals surface area contributed by atoms with E-state index in [1.54, 1.807) is 24.3 Å². The topological polar surface area (TPSA) is 153 Å². The van der Waals surface area contributed by atoms with Crippen molar-refractivity contribution in [2.24, 2.45) is 0 Å². The fourth-order valence-corrected chi connectivity index (χ4v) is 4.16. The first-order valence-corrected chi connectivity index (χ1v) is 12.0. The Morgan fingerprint density at radius 1 is 0.553 bits per heavy atom. The minimum atomic E-state index is -0.430. The van der Waals surface area contributed by atoms with E-state index in [4.69, 9.17) is 0 Å². The summed E-state index contributed by atoms with van der Waals surface area (Å²) in [4.78, 5) is 30.0. The molecule has 194 valence electrons. The van der Waals surface area contributed by atoms with Gasteiger partial charge in [0.1, 0.15) is 0 Å². The molecule has 2 aromatic carbocycles. The SMILES string of the molecule is O=[N+]([O-])c1ccc(CCc2cc(CO)nc(-c3cc(CCc4ccc([N+](=O)[O-])cc4)cc(CO)n3)c2)cc1. The number of aliphatic hydroxyl groups excluding tert-OH is 2. The van der Waals surface area contributed by atoms with Crippen molar-refractivity contribution in [3.8, 4) is 11.4 Å². The zero-order chi connectivity index (χ0) is 27.1. The van der Waals surface area contributed by atoms with Crippen LogP contribution in [0, 0.1) is 20.2 Å². The van der Waals surface area contributed by atoms with Crippen molar-refractivity contribution in [1.82, 2.24) is 9.97 Å². The van der Waals surface area contributed by atoms with Crippen molar-refractivity contribution < 1.29 is 20.1 Å². The van der Waals surface area contributed by atoms with Crippen LogP contribution in [0.2, 0.25) is 0 Å². The van der Waals surface area contributed by atoms with Crippen LogP contribution in [-0.4, -0.2) is 30.0 Å². The van der Waals surface area contributed by atoms with Gasteiger partial charge in [0.25, 0.3) is 11.4 Å². The maximum Gasteiger partial charge on any atom is 0.269 e. The van der Waals surface area contributed by atoms with Gasteiger partial charge in [0.05, 0.1) is 45.8 Å². The molecule has 4 aromatic rings. The van der Waals surface area contributed by atoms with E-state index < -0.39 is 9.85 Å². The Kier molecular flexibility index (Phi) is 8.47. The number of aliphatic hydroxyl groups is 2. The Hall–Kier alpha value is -4.54. The van der Waals surface area contributed by atoms with Gasteiger partial charge in [0.15, 0.2) is 0 Å². The second-order valence-electron chi connectivity index (χ2n) is 8.87. The number of non-ortho nitro benzene ring substituents is 2. The molecule has 2 heterocycles. The van der Waals surface area contributed by atoms with Crippen LogP contribution >= 0.6 is 0 Å². The molecule has 0 aliphatic rings. The fourth-order valence-electron chi connectivity index (χ4n) is 4.16. The molecule has 0 saturated heterocycles. The number of nitrogens with zero attached hydrogens (tertiary/aromatic N) is 4. The lowest BCUT2D eigenvalue weighted by atomic mass is 10.0. The maximum absolute atomic E-state index is 10.9. The van der Waals surface area contributed by atoms with Gasteiger partial charge >= 0.3 is 0 Å². The lowest BCUT2D eigenvalue weighted by Crippen LogP contribution is -2.02. The normalized spacial score (nSPS) is 10.9. The van der Waals surface area contributed by atoms with Crippen molar-refractivity contribution >= 4 is 11.4 Å². The lowest BCUT2D eigenvalue weighted by Gasteiger charge is -2.11. The first kappa shape index (κ1) is 26.5. The maximum atomic E-state index is 10.9. The van der Waals surface area contributed by atoms with Gasteiger partial charge < -0.3 is 10.2 Å². The van der Waals surface area contributed by atoms with Gasteiger partial charge in [-0.3, -0.25) is 20.2 Å². The van der Waals surface area contributed by atoms with E-state index in [1.807, 2.05) is 24.3 Å². The number of pyridine rings is 2. The number of aryl methyl sites for hydroxylation is 4. The van der Waals surface area contributed by atoms with E-state index in [0.29, 0.717) is 48.5 Å². The minimum absolute atomic E-state index is 0.0433. The standard InChI is InChI=1S/C28H26N4O6/c33-17-23-13-21(3-1-19-5-9-25(10-6-19)31(35)36)15-27(29-23)28-16-22(14-24(18-34)30-28)4-2-20-7-11-26(12-8-20)32(37)38/h5-16,33-34H,1-4,17-18H2. The summed E-state index contributed by atoms with van der Waals surface area (Å²) in [5.41, 5.74) is 5.98. The summed E-state index contributed by atoms with van der Waals surface area (Å²) >= 11 is 0. The number of hydrogen-bond acceptors (Lipinski definition) is 8. The van der Waals surface area contributed by atoms with E-state index in [2.05, 4.69) is 9.97 Å². The summed E-state index contributed by atoms with van der Waals surface area (Å²) in [5, 5.41) is 41.3. The van der Waals surface area contributed by atoms with E-state index in [1.165, 1.54) is 24.3 Å². The summed E-state index contributed by atoms with van der Waals surface area (Å²) < 4.78 is 0. The van der Waals surface area contributed by atoms with Crippen LogP contribution < -0.4 is 0 Å². The molecule has 2 aromatic heterocycles. The highest BCUT2D eigenvalue weighted by Gasteiger charge is 2.11. The molecular formula is C28H26N4O6. The van der Waals surface area contributed by atoms with Crippen molar-refractivity contribution in [3.63, 3.8) is 0 Å². The zero-order valence-corrected chi connectivity index (χ0v) is 20.5. The molecule has 2 N–H and O–H groups in total. The first-order chi connectivity index (χ1) is 18.3. The van der Waals surface area contributed by atoms with E-state index in [9.17, 15) is 30.4 Å². The minimum Gasteiger partial charge on any atom is -0.390 e. The number of nitro benzene ring substituents is 2. The highest BCUT2D eigenvalue weighted by atomic mass is 16.6. The molecule has 10 heteroatoms. The molecule has 0 radical (unpaired) electrons. The van der Waals surface area contributed by atoms with Crippen LogP contribution in [0.3, 0.4) is 0 Å². The molecule has 38 heavy (non-hydrogen) atoms. The van der Waals surface area contributed by atoms with Gasteiger partial charge in [-0.05, 0) is 72.2 Å². The molecule has 0 saturated carbocycles. The van der Waals surface area contributed by atoms with E-state index in [-0.39, 0.29) is 24.6 Å². The van der Waals surface area contributed by atoms with E-state index >= 15 is 0 Å². The summed E-state index contributed by atoms with van der Waals surface area (Å²) in [7, 11) is 0. The second kappa shape index (κ2) is 12.1. The molecule has 0 aliphatic carbocycles. The van der Waals surface area contributed by atoms with Crippen LogP contribution in [-0.2, 0) is 38.9 Å². The Balaban J connectivity index is 1.54. The van der Waals surface area contributed by atoms with Gasteiger partial charge in [-0.25, -0.2) is 9.97 Å². The third kappa shape index (κ3) is 6.81. The van der Waals surface area contributed by atoms with Crippen molar-refractivity contribution in [3.05, 3.63) is 127 Å². The Labute approximate surface area is 218 Å². The smallest absolute Gasteiger partial charge is 0.269 e. The quantitative estimate of drug-likeness (QED) is 0.219. The third-order valence-electron chi connectivity index (χ3n) is 6.16. The number of nitro groups is 2. The predicted octanol–water partition coefficient (Wildman–Crippen LogP) is 4.52. The highest BCUT2D eigenvalue weighted by Crippen LogP contribution is 2.23. The number of rotatable bonds is 11. The molecule has 0 bridgehead atoms. The van der Waals surface area contributed by atoms with Crippen LogP contribution in [0.25, 0.3) is 11.4 Å². The largest absolute Gasteiger partial charge is 0.390 e. The Morgan fingerprint density at radius 3 is 1.21 bits per heavy atom. The second-order valence-corrected chi connectivity index (χ2v) is 8.87. The van der Waals surface area contributed by atoms with Gasteiger partial charge in [-0.1, -0.05) is 24.3 Å². The summed E-state index contributed by atoms with van der Waals surface area (Å²) in [6, 6.07) is 20.3.